The van der Waals surface area contributed by atoms with Crippen molar-refractivity contribution in [1.29, 1.82) is 0 Å². The fourth-order valence-electron chi connectivity index (χ4n) is 1.74. The van der Waals surface area contributed by atoms with Gasteiger partial charge in [0.1, 0.15) is 0 Å². The van der Waals surface area contributed by atoms with Gasteiger partial charge in [-0.1, -0.05) is 6.07 Å². The predicted octanol–water partition coefficient (Wildman–Crippen LogP) is 2.27. The van der Waals surface area contributed by atoms with Crippen molar-refractivity contribution in [3.8, 4) is 11.4 Å². The van der Waals surface area contributed by atoms with Crippen LogP contribution in [-0.2, 0) is 0 Å². The van der Waals surface area contributed by atoms with Gasteiger partial charge in [0.05, 0.1) is 16.9 Å². The number of pyridine rings is 3. The Labute approximate surface area is 98.2 Å². The molecule has 82 valence electrons. The van der Waals surface area contributed by atoms with Crippen LogP contribution in [0.3, 0.4) is 0 Å². The topological polar surface area (TPSA) is 64.7 Å². The minimum Gasteiger partial charge on any atom is -0.398 e. The van der Waals surface area contributed by atoms with E-state index in [4.69, 9.17) is 5.73 Å². The number of aromatic nitrogens is 3. The molecule has 0 aromatic carbocycles. The lowest BCUT2D eigenvalue weighted by molar-refractivity contribution is 1.27. The van der Waals surface area contributed by atoms with Crippen LogP contribution in [0.4, 0.5) is 5.69 Å². The molecule has 0 fully saturated rings. The van der Waals surface area contributed by atoms with Gasteiger partial charge >= 0.3 is 0 Å². The average molecular weight is 222 g/mol. The maximum absolute atomic E-state index is 5.99. The third-order valence-electron chi connectivity index (χ3n) is 2.57. The van der Waals surface area contributed by atoms with Crippen LogP contribution in [0, 0.1) is 0 Å². The lowest BCUT2D eigenvalue weighted by Crippen LogP contribution is -1.94. The summed E-state index contributed by atoms with van der Waals surface area (Å²) in [6.45, 7) is 0. The van der Waals surface area contributed by atoms with Crippen molar-refractivity contribution in [1.82, 2.24) is 15.0 Å². The molecule has 4 heteroatoms. The third-order valence-corrected chi connectivity index (χ3v) is 2.57. The standard InChI is InChI=1S/C13H10N4/c14-10-7-13(12-3-1-2-5-16-12)17-11-4-6-15-8-9(10)11/h1-8H,(H2,14,17). The van der Waals surface area contributed by atoms with E-state index in [-0.39, 0.29) is 0 Å². The first-order chi connectivity index (χ1) is 8.34. The monoisotopic (exact) mass is 222 g/mol. The van der Waals surface area contributed by atoms with Gasteiger partial charge in [0.25, 0.3) is 0 Å². The van der Waals surface area contributed by atoms with Gasteiger partial charge in [-0.3, -0.25) is 9.97 Å². The highest BCUT2D eigenvalue weighted by Gasteiger charge is 2.05. The van der Waals surface area contributed by atoms with Crippen molar-refractivity contribution in [2.24, 2.45) is 0 Å². The van der Waals surface area contributed by atoms with Crippen LogP contribution in [0.25, 0.3) is 22.3 Å². The number of nitrogens with zero attached hydrogens (tertiary/aromatic N) is 3. The number of hydrogen-bond acceptors (Lipinski definition) is 4. The van der Waals surface area contributed by atoms with Gasteiger partial charge in [0.15, 0.2) is 0 Å². The molecule has 0 atom stereocenters. The first-order valence-corrected chi connectivity index (χ1v) is 5.26. The zero-order valence-electron chi connectivity index (χ0n) is 9.04. The number of nitrogens with two attached hydrogens (primary N) is 1. The second kappa shape index (κ2) is 3.83. The van der Waals surface area contributed by atoms with Crippen molar-refractivity contribution in [2.75, 3.05) is 5.73 Å². The summed E-state index contributed by atoms with van der Waals surface area (Å²) in [4.78, 5) is 12.8. The summed E-state index contributed by atoms with van der Waals surface area (Å²) in [5.41, 5.74) is 9.09. The summed E-state index contributed by atoms with van der Waals surface area (Å²) in [5, 5.41) is 0.868. The van der Waals surface area contributed by atoms with Crippen molar-refractivity contribution >= 4 is 16.6 Å². The van der Waals surface area contributed by atoms with Gasteiger partial charge < -0.3 is 5.73 Å². The fourth-order valence-corrected chi connectivity index (χ4v) is 1.74. The van der Waals surface area contributed by atoms with E-state index >= 15 is 0 Å². The summed E-state index contributed by atoms with van der Waals surface area (Å²) in [6.07, 6.45) is 5.17. The zero-order valence-corrected chi connectivity index (χ0v) is 9.04. The fraction of sp³-hybridized carbons (Fsp3) is 0. The Morgan fingerprint density at radius 2 is 1.94 bits per heavy atom. The molecule has 0 bridgehead atoms. The maximum Gasteiger partial charge on any atom is 0.0914 e. The first kappa shape index (κ1) is 9.72. The van der Waals surface area contributed by atoms with Crippen molar-refractivity contribution in [3.63, 3.8) is 0 Å². The Bertz CT molecular complexity index is 665. The number of rotatable bonds is 1. The molecule has 3 rings (SSSR count). The van der Waals surface area contributed by atoms with Gasteiger partial charge in [0, 0.05) is 29.7 Å². The molecule has 0 aliphatic carbocycles. The lowest BCUT2D eigenvalue weighted by atomic mass is 10.1. The second-order valence-corrected chi connectivity index (χ2v) is 3.70. The normalized spacial score (nSPS) is 10.6. The minimum atomic E-state index is 0.670. The molecule has 0 radical (unpaired) electrons. The van der Waals surface area contributed by atoms with Crippen LogP contribution >= 0.6 is 0 Å². The molecular weight excluding hydrogens is 212 g/mol. The molecule has 0 aliphatic heterocycles. The van der Waals surface area contributed by atoms with Crippen molar-refractivity contribution in [3.05, 3.63) is 48.9 Å². The van der Waals surface area contributed by atoms with Crippen molar-refractivity contribution in [2.45, 2.75) is 0 Å². The van der Waals surface area contributed by atoms with E-state index in [1.807, 2.05) is 30.3 Å². The highest BCUT2D eigenvalue weighted by Crippen LogP contribution is 2.24. The van der Waals surface area contributed by atoms with Crippen molar-refractivity contribution < 1.29 is 0 Å². The van der Waals surface area contributed by atoms with Crippen LogP contribution in [0.5, 0.6) is 0 Å². The van der Waals surface area contributed by atoms with E-state index in [9.17, 15) is 0 Å². The maximum atomic E-state index is 5.99. The summed E-state index contributed by atoms with van der Waals surface area (Å²) in [5.74, 6) is 0. The molecule has 3 aromatic rings. The highest BCUT2D eigenvalue weighted by molar-refractivity contribution is 5.91. The predicted molar refractivity (Wildman–Crippen MR) is 67.2 cm³/mol. The largest absolute Gasteiger partial charge is 0.398 e. The number of anilines is 1. The Balaban J connectivity index is 2.26. The van der Waals surface area contributed by atoms with Gasteiger partial charge in [-0.25, -0.2) is 4.98 Å². The van der Waals surface area contributed by atoms with Gasteiger partial charge in [-0.05, 0) is 24.3 Å². The molecule has 0 aliphatic rings. The minimum absolute atomic E-state index is 0.670. The van der Waals surface area contributed by atoms with Crippen LogP contribution in [0.15, 0.2) is 48.9 Å². The zero-order chi connectivity index (χ0) is 11.7. The first-order valence-electron chi connectivity index (χ1n) is 5.26. The van der Waals surface area contributed by atoms with Crippen LogP contribution in [0.2, 0.25) is 0 Å². The Hall–Kier alpha value is -2.49. The summed E-state index contributed by atoms with van der Waals surface area (Å²) in [7, 11) is 0. The molecule has 3 heterocycles. The van der Waals surface area contributed by atoms with Crippen LogP contribution < -0.4 is 5.73 Å². The lowest BCUT2D eigenvalue weighted by Gasteiger charge is -2.05. The molecule has 17 heavy (non-hydrogen) atoms. The molecule has 3 aromatic heterocycles. The quantitative estimate of drug-likeness (QED) is 0.686. The summed E-state index contributed by atoms with van der Waals surface area (Å²) < 4.78 is 0. The van der Waals surface area contributed by atoms with Crippen LogP contribution in [0.1, 0.15) is 0 Å². The summed E-state index contributed by atoms with van der Waals surface area (Å²) >= 11 is 0. The highest BCUT2D eigenvalue weighted by atomic mass is 14.8. The number of nitrogen functional groups attached to an aromatic ring is 1. The van der Waals surface area contributed by atoms with E-state index in [1.165, 1.54) is 0 Å². The number of hydrogen-bond donors (Lipinski definition) is 1. The van der Waals surface area contributed by atoms with E-state index in [2.05, 4.69) is 15.0 Å². The Morgan fingerprint density at radius 3 is 2.76 bits per heavy atom. The molecule has 0 unspecified atom stereocenters. The van der Waals surface area contributed by atoms with E-state index < -0.39 is 0 Å². The number of fused-ring (bicyclic) bond motifs is 1. The van der Waals surface area contributed by atoms with Gasteiger partial charge in [0.2, 0.25) is 0 Å². The smallest absolute Gasteiger partial charge is 0.0914 e. The SMILES string of the molecule is Nc1cc(-c2ccccn2)nc2ccncc12. The molecule has 0 saturated heterocycles. The third kappa shape index (κ3) is 1.69. The summed E-state index contributed by atoms with van der Waals surface area (Å²) in [6, 6.07) is 9.38. The Morgan fingerprint density at radius 1 is 1.00 bits per heavy atom. The van der Waals surface area contributed by atoms with Gasteiger partial charge in [-0.15, -0.1) is 0 Å². The molecule has 0 spiro atoms. The van der Waals surface area contributed by atoms with Gasteiger partial charge in [-0.2, -0.15) is 0 Å². The van der Waals surface area contributed by atoms with E-state index in [0.29, 0.717) is 5.69 Å². The van der Waals surface area contributed by atoms with E-state index in [0.717, 1.165) is 22.3 Å². The molecule has 4 nitrogen and oxygen atoms in total. The van der Waals surface area contributed by atoms with E-state index in [1.54, 1.807) is 18.6 Å². The Kier molecular flexibility index (Phi) is 2.19. The molecular formula is C13H10N4. The average Bonchev–Trinajstić information content (AvgIpc) is 2.40. The second-order valence-electron chi connectivity index (χ2n) is 3.70. The van der Waals surface area contributed by atoms with Crippen LogP contribution in [-0.4, -0.2) is 15.0 Å². The molecule has 0 amide bonds. The molecule has 0 saturated carbocycles. The molecule has 2 N–H and O–H groups in total.